The molecule has 0 saturated carbocycles. The fourth-order valence-electron chi connectivity index (χ4n) is 2.90. The molecule has 1 aliphatic carbocycles. The second kappa shape index (κ2) is 4.24. The van der Waals surface area contributed by atoms with Crippen LogP contribution in [0.15, 0.2) is 30.3 Å². The second-order valence-electron chi connectivity index (χ2n) is 6.31. The molecule has 0 amide bonds. The molecule has 106 valence electrons. The third-order valence-corrected chi connectivity index (χ3v) is 4.97. The molecule has 5 heteroatoms. The average molecular weight is 297 g/mol. The van der Waals surface area contributed by atoms with Crippen LogP contribution < -0.4 is 0 Å². The minimum atomic E-state index is -0.00303. The van der Waals surface area contributed by atoms with Crippen molar-refractivity contribution in [2.75, 3.05) is 0 Å². The van der Waals surface area contributed by atoms with Crippen molar-refractivity contribution in [1.82, 2.24) is 14.6 Å². The van der Waals surface area contributed by atoms with Gasteiger partial charge < -0.3 is 0 Å². The summed E-state index contributed by atoms with van der Waals surface area (Å²) in [6, 6.07) is 9.94. The van der Waals surface area contributed by atoms with Gasteiger partial charge in [0.15, 0.2) is 11.6 Å². The van der Waals surface area contributed by atoms with Crippen LogP contribution in [0.1, 0.15) is 35.6 Å². The van der Waals surface area contributed by atoms with Crippen LogP contribution >= 0.6 is 11.3 Å². The van der Waals surface area contributed by atoms with Gasteiger partial charge in [-0.15, -0.1) is 5.10 Å². The maximum Gasteiger partial charge on any atom is 0.213 e. The highest BCUT2D eigenvalue weighted by Crippen LogP contribution is 2.38. The van der Waals surface area contributed by atoms with E-state index in [4.69, 9.17) is 0 Å². The summed E-state index contributed by atoms with van der Waals surface area (Å²) >= 11 is 1.46. The van der Waals surface area contributed by atoms with Crippen LogP contribution in [0.4, 0.5) is 0 Å². The molecule has 21 heavy (non-hydrogen) atoms. The number of rotatable bonds is 1. The zero-order chi connectivity index (χ0) is 14.6. The zero-order valence-corrected chi connectivity index (χ0v) is 12.8. The summed E-state index contributed by atoms with van der Waals surface area (Å²) in [5, 5.41) is 4.62. The van der Waals surface area contributed by atoms with E-state index in [2.05, 4.69) is 23.9 Å². The molecule has 0 bridgehead atoms. The average Bonchev–Trinajstić information content (AvgIpc) is 2.98. The maximum atomic E-state index is 12.3. The summed E-state index contributed by atoms with van der Waals surface area (Å²) in [4.78, 5) is 18.5. The summed E-state index contributed by atoms with van der Waals surface area (Å²) < 4.78 is 1.86. The summed E-state index contributed by atoms with van der Waals surface area (Å²) in [5.74, 6) is 0.945. The molecule has 3 aromatic rings. The van der Waals surface area contributed by atoms with Gasteiger partial charge in [-0.25, -0.2) is 4.52 Å². The van der Waals surface area contributed by atoms with Crippen LogP contribution in [0.25, 0.3) is 16.3 Å². The summed E-state index contributed by atoms with van der Waals surface area (Å²) in [7, 11) is 0. The summed E-state index contributed by atoms with van der Waals surface area (Å²) in [6.45, 7) is 4.26. The Morgan fingerprint density at radius 1 is 1.19 bits per heavy atom. The van der Waals surface area contributed by atoms with E-state index < -0.39 is 0 Å². The number of thiazole rings is 1. The van der Waals surface area contributed by atoms with Crippen LogP contribution in [0, 0.1) is 5.41 Å². The predicted octanol–water partition coefficient (Wildman–Crippen LogP) is 3.61. The van der Waals surface area contributed by atoms with Gasteiger partial charge in [0.2, 0.25) is 4.96 Å². The standard InChI is InChI=1S/C16H15N3OS/c1-16(2)8-11-13(12(20)9-16)21-15-17-14(18-19(11)15)10-6-4-3-5-7-10/h3-7H,8-9H2,1-2H3. The number of aromatic nitrogens is 3. The highest BCUT2D eigenvalue weighted by atomic mass is 32.1. The number of ketones is 1. The monoisotopic (exact) mass is 297 g/mol. The quantitative estimate of drug-likeness (QED) is 0.689. The highest BCUT2D eigenvalue weighted by Gasteiger charge is 2.35. The number of hydrogen-bond acceptors (Lipinski definition) is 4. The molecule has 1 aromatic carbocycles. The molecule has 0 spiro atoms. The molecule has 1 aliphatic rings. The molecule has 4 rings (SSSR count). The third-order valence-electron chi connectivity index (χ3n) is 3.86. The van der Waals surface area contributed by atoms with Crippen LogP contribution in [0.3, 0.4) is 0 Å². The van der Waals surface area contributed by atoms with E-state index >= 15 is 0 Å². The Bertz CT molecular complexity index is 845. The Labute approximate surface area is 126 Å². The first-order chi connectivity index (χ1) is 10.0. The van der Waals surface area contributed by atoms with Crippen molar-refractivity contribution in [2.45, 2.75) is 26.7 Å². The van der Waals surface area contributed by atoms with E-state index in [1.807, 2.05) is 34.8 Å². The van der Waals surface area contributed by atoms with Crippen LogP contribution in [0.2, 0.25) is 0 Å². The van der Waals surface area contributed by atoms with Crippen LogP contribution in [-0.4, -0.2) is 20.4 Å². The van der Waals surface area contributed by atoms with Gasteiger partial charge in [-0.1, -0.05) is 55.5 Å². The van der Waals surface area contributed by atoms with Gasteiger partial charge in [0.1, 0.15) is 0 Å². The van der Waals surface area contributed by atoms with Gasteiger partial charge in [0, 0.05) is 12.0 Å². The fraction of sp³-hybridized carbons (Fsp3) is 0.312. The lowest BCUT2D eigenvalue weighted by Crippen LogP contribution is -2.27. The Morgan fingerprint density at radius 3 is 2.71 bits per heavy atom. The van der Waals surface area contributed by atoms with E-state index in [1.54, 1.807) is 0 Å². The molecular formula is C16H15N3OS. The number of carbonyl (C=O) groups excluding carboxylic acids is 1. The SMILES string of the molecule is CC1(C)CC(=O)c2sc3nc(-c4ccccc4)nn3c2C1. The lowest BCUT2D eigenvalue weighted by molar-refractivity contribution is 0.0915. The smallest absolute Gasteiger partial charge is 0.213 e. The van der Waals surface area contributed by atoms with Crippen LogP contribution in [-0.2, 0) is 6.42 Å². The molecule has 0 radical (unpaired) electrons. The number of fused-ring (bicyclic) bond motifs is 3. The number of benzene rings is 1. The lowest BCUT2D eigenvalue weighted by Gasteiger charge is -2.27. The first-order valence-corrected chi connectivity index (χ1v) is 7.82. The highest BCUT2D eigenvalue weighted by molar-refractivity contribution is 7.19. The third kappa shape index (κ3) is 2.00. The van der Waals surface area contributed by atoms with Crippen molar-refractivity contribution in [3.05, 3.63) is 40.9 Å². The van der Waals surface area contributed by atoms with E-state index in [9.17, 15) is 4.79 Å². The Balaban J connectivity index is 1.88. The minimum Gasteiger partial charge on any atom is -0.293 e. The molecule has 0 N–H and O–H groups in total. The fourth-order valence-corrected chi connectivity index (χ4v) is 3.91. The molecule has 2 heterocycles. The second-order valence-corrected chi connectivity index (χ2v) is 7.29. The van der Waals surface area contributed by atoms with E-state index in [0.29, 0.717) is 6.42 Å². The minimum absolute atomic E-state index is 0.00303. The molecule has 0 saturated heterocycles. The summed E-state index contributed by atoms with van der Waals surface area (Å²) in [5.41, 5.74) is 2.02. The number of hydrogen-bond donors (Lipinski definition) is 0. The van der Waals surface area contributed by atoms with Gasteiger partial charge >= 0.3 is 0 Å². The molecule has 0 atom stereocenters. The Kier molecular flexibility index (Phi) is 2.57. The van der Waals surface area contributed by atoms with E-state index in [0.717, 1.165) is 33.3 Å². The molecule has 0 fully saturated rings. The Morgan fingerprint density at radius 2 is 1.95 bits per heavy atom. The van der Waals surface area contributed by atoms with E-state index in [1.165, 1.54) is 11.3 Å². The van der Waals surface area contributed by atoms with Crippen molar-refractivity contribution in [2.24, 2.45) is 5.41 Å². The van der Waals surface area contributed by atoms with Gasteiger partial charge in [-0.3, -0.25) is 4.79 Å². The van der Waals surface area contributed by atoms with Gasteiger partial charge in [0.25, 0.3) is 0 Å². The molecule has 0 aliphatic heterocycles. The van der Waals surface area contributed by atoms with Crippen molar-refractivity contribution in [3.63, 3.8) is 0 Å². The Hall–Kier alpha value is -2.01. The lowest BCUT2D eigenvalue weighted by atomic mass is 9.78. The topological polar surface area (TPSA) is 47.3 Å². The van der Waals surface area contributed by atoms with Gasteiger partial charge in [-0.05, 0) is 11.8 Å². The van der Waals surface area contributed by atoms with E-state index in [-0.39, 0.29) is 11.2 Å². The van der Waals surface area contributed by atoms with Gasteiger partial charge in [-0.2, -0.15) is 4.98 Å². The van der Waals surface area contributed by atoms with Crippen molar-refractivity contribution < 1.29 is 4.79 Å². The van der Waals surface area contributed by atoms with Crippen LogP contribution in [0.5, 0.6) is 0 Å². The largest absolute Gasteiger partial charge is 0.293 e. The number of nitrogens with zero attached hydrogens (tertiary/aromatic N) is 3. The summed E-state index contributed by atoms with van der Waals surface area (Å²) in [6.07, 6.45) is 1.47. The van der Waals surface area contributed by atoms with Crippen molar-refractivity contribution in [3.8, 4) is 11.4 Å². The maximum absolute atomic E-state index is 12.3. The van der Waals surface area contributed by atoms with Crippen molar-refractivity contribution >= 4 is 22.1 Å². The predicted molar refractivity (Wildman–Crippen MR) is 82.7 cm³/mol. The van der Waals surface area contributed by atoms with Gasteiger partial charge in [0.05, 0.1) is 10.6 Å². The first-order valence-electron chi connectivity index (χ1n) is 7.01. The van der Waals surface area contributed by atoms with Crippen molar-refractivity contribution in [1.29, 1.82) is 0 Å². The normalized spacial score (nSPS) is 17.1. The molecule has 0 unspecified atom stereocenters. The first kappa shape index (κ1) is 12.7. The number of carbonyl (C=O) groups is 1. The number of Topliss-reactive ketones (excluding diaryl/α,β-unsaturated/α-hetero) is 1. The zero-order valence-electron chi connectivity index (χ0n) is 12.0. The molecule has 4 nitrogen and oxygen atoms in total. The molecular weight excluding hydrogens is 282 g/mol. The molecule has 2 aromatic heterocycles.